The first-order valence-corrected chi connectivity index (χ1v) is 19.8. The molecule has 316 valence electrons. The Labute approximate surface area is 341 Å². The summed E-state index contributed by atoms with van der Waals surface area (Å²) in [7, 11) is 0. The molecule has 0 aliphatic carbocycles. The number of hydrogen-bond acceptors (Lipinski definition) is 7. The number of hydrogen-bond donors (Lipinski definition) is 2. The number of nitrogens with one attached hydrogen (secondary N) is 1. The number of aromatic nitrogens is 2. The molecular formula is C46H89ClN6O. The van der Waals surface area contributed by atoms with Gasteiger partial charge in [0.05, 0.1) is 5.02 Å². The Balaban J connectivity index is 0. The smallest absolute Gasteiger partial charge is 0.213 e. The summed E-state index contributed by atoms with van der Waals surface area (Å²) in [4.78, 5) is 13.9. The predicted molar refractivity (Wildman–Crippen MR) is 241 cm³/mol. The van der Waals surface area contributed by atoms with E-state index in [1.165, 1.54) is 0 Å². The number of ether oxygens (including phenoxy) is 1. The molecular weight excluding hydrogens is 688 g/mol. The van der Waals surface area contributed by atoms with Crippen LogP contribution in [0.5, 0.6) is 5.88 Å². The monoisotopic (exact) mass is 777 g/mol. The molecule has 0 aromatic carbocycles. The Bertz CT molecular complexity index is 1140. The van der Waals surface area contributed by atoms with Gasteiger partial charge in [-0.2, -0.15) is 0 Å². The van der Waals surface area contributed by atoms with Crippen molar-refractivity contribution in [2.45, 2.75) is 207 Å². The third-order valence-electron chi connectivity index (χ3n) is 8.54. The molecule has 54 heavy (non-hydrogen) atoms. The summed E-state index contributed by atoms with van der Waals surface area (Å²) in [5, 5.41) is 4.24. The second-order valence-electron chi connectivity index (χ2n) is 21.9. The van der Waals surface area contributed by atoms with E-state index >= 15 is 0 Å². The van der Waals surface area contributed by atoms with E-state index in [2.05, 4.69) is 142 Å². The lowest BCUT2D eigenvalue weighted by Crippen LogP contribution is -2.49. The molecule has 4 unspecified atom stereocenters. The van der Waals surface area contributed by atoms with Crippen molar-refractivity contribution in [1.29, 1.82) is 0 Å². The van der Waals surface area contributed by atoms with Crippen molar-refractivity contribution in [3.05, 3.63) is 47.2 Å². The number of nitrogens with zero attached hydrogens (tertiary/aromatic N) is 4. The molecule has 0 saturated carbocycles. The molecule has 4 rings (SSSR count). The van der Waals surface area contributed by atoms with E-state index in [4.69, 9.17) is 22.1 Å². The topological polar surface area (TPSA) is 79.5 Å². The van der Waals surface area contributed by atoms with Crippen LogP contribution in [0.2, 0.25) is 5.02 Å². The number of anilines is 1. The Morgan fingerprint density at radius 2 is 1.11 bits per heavy atom. The quantitative estimate of drug-likeness (QED) is 0.320. The Kier molecular flexibility index (Phi) is 21.1. The molecule has 3 N–H and O–H groups in total. The maximum atomic E-state index is 6.13. The van der Waals surface area contributed by atoms with E-state index in [0.717, 1.165) is 43.2 Å². The van der Waals surface area contributed by atoms with Gasteiger partial charge >= 0.3 is 0 Å². The molecule has 4 heterocycles. The zero-order valence-electron chi connectivity index (χ0n) is 37.3. The normalized spacial score (nSPS) is 21.1. The Hall–Kier alpha value is -1.93. The van der Waals surface area contributed by atoms with Crippen molar-refractivity contribution in [2.24, 2.45) is 22.0 Å². The van der Waals surface area contributed by atoms with E-state index in [0.29, 0.717) is 28.6 Å². The average molecular weight is 778 g/mol. The van der Waals surface area contributed by atoms with Crippen LogP contribution in [-0.4, -0.2) is 73.7 Å². The maximum absolute atomic E-state index is 6.13. The molecule has 2 saturated heterocycles. The van der Waals surface area contributed by atoms with Crippen molar-refractivity contribution in [2.75, 3.05) is 18.4 Å². The highest BCUT2D eigenvalue weighted by Crippen LogP contribution is 2.39. The molecule has 2 fully saturated rings. The summed E-state index contributed by atoms with van der Waals surface area (Å²) in [5.41, 5.74) is 7.90. The van der Waals surface area contributed by atoms with Gasteiger partial charge in [0.15, 0.2) is 0 Å². The van der Waals surface area contributed by atoms with Gasteiger partial charge in [-0.15, -0.1) is 0 Å². The lowest BCUT2D eigenvalue weighted by molar-refractivity contribution is 0.0557. The lowest BCUT2D eigenvalue weighted by Gasteiger charge is -2.42. The standard InChI is InChI=1S/C18H30N2O.C17H28ClN3.C5H12.C4H11N.2CH4/c1-13-8-9-16(19-11-13)21-14-10-15(17(2,3)4)20(12-14)18(5,6)7;1-16(2,3)14-9-13(11-21(14)17(4,5)6)20-15-8-7-12(18)10-19-15;1-5(2,3)4;1-4(2,3)5;;/h8-9,11,14-15H,10,12H2,1-7H3;7-8,10,13-14H,9,11H2,1-6H3,(H,19,20);1-4H3;5H2,1-3H3;2*1H4. The molecule has 7 nitrogen and oxygen atoms in total. The Morgan fingerprint density at radius 1 is 0.667 bits per heavy atom. The minimum Gasteiger partial charge on any atom is -0.473 e. The van der Waals surface area contributed by atoms with Gasteiger partial charge in [-0.05, 0) is 110 Å². The molecule has 2 aromatic heterocycles. The highest BCUT2D eigenvalue weighted by atomic mass is 35.5. The van der Waals surface area contributed by atoms with E-state index < -0.39 is 0 Å². The number of nitrogens with two attached hydrogens (primary N) is 1. The van der Waals surface area contributed by atoms with Crippen molar-refractivity contribution in [1.82, 2.24) is 19.8 Å². The first-order chi connectivity index (χ1) is 23.1. The highest BCUT2D eigenvalue weighted by Gasteiger charge is 2.45. The number of halogens is 1. The van der Waals surface area contributed by atoms with Crippen molar-refractivity contribution in [3.8, 4) is 5.88 Å². The molecule has 0 spiro atoms. The van der Waals surface area contributed by atoms with Crippen LogP contribution in [0.25, 0.3) is 0 Å². The summed E-state index contributed by atoms with van der Waals surface area (Å²) in [5.74, 6) is 1.65. The summed E-state index contributed by atoms with van der Waals surface area (Å²) >= 11 is 5.90. The fraction of sp³-hybridized carbons (Fsp3) is 0.783. The van der Waals surface area contributed by atoms with Gasteiger partial charge in [0.25, 0.3) is 0 Å². The average Bonchev–Trinajstić information content (AvgIpc) is 3.55. The minimum absolute atomic E-state index is 0. The van der Waals surface area contributed by atoms with Crippen LogP contribution in [0.3, 0.4) is 0 Å². The third-order valence-corrected chi connectivity index (χ3v) is 8.76. The van der Waals surface area contributed by atoms with Crippen molar-refractivity contribution < 1.29 is 4.74 Å². The fourth-order valence-electron chi connectivity index (χ4n) is 6.31. The highest BCUT2D eigenvalue weighted by molar-refractivity contribution is 6.30. The van der Waals surface area contributed by atoms with E-state index in [1.54, 1.807) is 6.20 Å². The molecule has 0 radical (unpaired) electrons. The van der Waals surface area contributed by atoms with Gasteiger partial charge < -0.3 is 15.8 Å². The van der Waals surface area contributed by atoms with Crippen molar-refractivity contribution in [3.63, 3.8) is 0 Å². The van der Waals surface area contributed by atoms with Crippen LogP contribution >= 0.6 is 11.6 Å². The van der Waals surface area contributed by atoms with E-state index in [1.807, 2.05) is 52.1 Å². The van der Waals surface area contributed by atoms with E-state index in [9.17, 15) is 0 Å². The SMILES string of the molecule is C.C.CC(C)(C)C.CC(C)(C)C1CC(Nc2ccc(Cl)cn2)CN1C(C)(C)C.CC(C)(C)N.Cc1ccc(OC2CC(C(C)(C)C)N(C(C)(C)C)C2)nc1. The molecule has 2 aliphatic heterocycles. The van der Waals surface area contributed by atoms with Gasteiger partial charge in [-0.3, -0.25) is 9.80 Å². The van der Waals surface area contributed by atoms with Gasteiger partial charge in [0.2, 0.25) is 5.88 Å². The van der Waals surface area contributed by atoms with Gasteiger partial charge in [-0.1, -0.05) is 102 Å². The largest absolute Gasteiger partial charge is 0.473 e. The molecule has 4 atom stereocenters. The summed E-state index contributed by atoms with van der Waals surface area (Å²) < 4.78 is 6.13. The number of likely N-dealkylation sites (tertiary alicyclic amines) is 2. The zero-order chi connectivity index (χ0) is 40.7. The first kappa shape index (κ1) is 54.2. The molecule has 2 aliphatic rings. The second-order valence-corrected chi connectivity index (χ2v) is 22.3. The van der Waals surface area contributed by atoms with Gasteiger partial charge in [0.1, 0.15) is 11.9 Å². The molecule has 8 heteroatoms. The number of rotatable bonds is 4. The summed E-state index contributed by atoms with van der Waals surface area (Å²) in [6, 6.07) is 9.40. The van der Waals surface area contributed by atoms with Crippen molar-refractivity contribution >= 4 is 17.4 Å². The van der Waals surface area contributed by atoms with Crippen LogP contribution < -0.4 is 15.8 Å². The molecule has 0 bridgehead atoms. The second kappa shape index (κ2) is 21.0. The van der Waals surface area contributed by atoms with Gasteiger partial charge in [0, 0.05) is 72.7 Å². The summed E-state index contributed by atoms with van der Waals surface area (Å²) in [6.07, 6.45) is 6.00. The number of pyridine rings is 2. The van der Waals surface area contributed by atoms with Crippen LogP contribution in [-0.2, 0) is 0 Å². The third kappa shape index (κ3) is 22.0. The van der Waals surface area contributed by atoms with Crippen LogP contribution in [0, 0.1) is 23.2 Å². The van der Waals surface area contributed by atoms with Crippen LogP contribution in [0.15, 0.2) is 36.7 Å². The predicted octanol–water partition coefficient (Wildman–Crippen LogP) is 12.6. The van der Waals surface area contributed by atoms with Crippen LogP contribution in [0.4, 0.5) is 5.82 Å². The summed E-state index contributed by atoms with van der Waals surface area (Å²) in [6.45, 7) is 46.5. The Morgan fingerprint density at radius 3 is 1.44 bits per heavy atom. The zero-order valence-corrected chi connectivity index (χ0v) is 38.0. The maximum Gasteiger partial charge on any atom is 0.213 e. The van der Waals surface area contributed by atoms with Gasteiger partial charge in [-0.25, -0.2) is 9.97 Å². The number of aryl methyl sites for hydroxylation is 1. The van der Waals surface area contributed by atoms with E-state index in [-0.39, 0.29) is 48.4 Å². The first-order valence-electron chi connectivity index (χ1n) is 19.4. The lowest BCUT2D eigenvalue weighted by atomic mass is 9.83. The van der Waals surface area contributed by atoms with Crippen LogP contribution in [0.1, 0.15) is 165 Å². The fourth-order valence-corrected chi connectivity index (χ4v) is 6.43. The molecule has 2 aromatic rings. The molecule has 0 amide bonds. The minimum atomic E-state index is 0.